The Hall–Kier alpha value is -0.570. The Labute approximate surface area is 104 Å². The maximum atomic E-state index is 12.6. The van der Waals surface area contributed by atoms with Crippen LogP contribution in [-0.4, -0.2) is 37.1 Å². The Bertz CT molecular complexity index is 297. The molecule has 2 saturated heterocycles. The summed E-state index contributed by atoms with van der Waals surface area (Å²) in [6.45, 7) is 5.69. The Kier molecular flexibility index (Phi) is 2.89. The van der Waals surface area contributed by atoms with Crippen LogP contribution in [0.4, 0.5) is 0 Å². The first-order valence-electron chi connectivity index (χ1n) is 7.06. The first kappa shape index (κ1) is 11.5. The van der Waals surface area contributed by atoms with Gasteiger partial charge in [-0.3, -0.25) is 4.79 Å². The molecule has 3 heteroatoms. The molecule has 1 amide bonds. The van der Waals surface area contributed by atoms with E-state index in [1.165, 1.54) is 19.3 Å². The first-order valence-corrected chi connectivity index (χ1v) is 7.06. The highest BCUT2D eigenvalue weighted by Gasteiger charge is 2.44. The largest absolute Gasteiger partial charge is 0.381 e. The molecule has 2 atom stereocenters. The van der Waals surface area contributed by atoms with Gasteiger partial charge in [0.25, 0.3) is 0 Å². The number of fused-ring (bicyclic) bond motifs is 1. The van der Waals surface area contributed by atoms with Crippen LogP contribution >= 0.6 is 0 Å². The molecule has 0 bridgehead atoms. The van der Waals surface area contributed by atoms with E-state index in [2.05, 4.69) is 11.8 Å². The molecule has 0 N–H and O–H groups in total. The monoisotopic (exact) mass is 237 g/mol. The van der Waals surface area contributed by atoms with Gasteiger partial charge in [-0.25, -0.2) is 0 Å². The van der Waals surface area contributed by atoms with Crippen molar-refractivity contribution in [2.24, 2.45) is 17.3 Å². The SMILES string of the molecule is CC1(C(=O)N2CC3CCCC3C2)CCOCC1. The molecule has 2 heterocycles. The third kappa shape index (κ3) is 1.99. The highest BCUT2D eigenvalue weighted by molar-refractivity contribution is 5.82. The molecular weight excluding hydrogens is 214 g/mol. The minimum Gasteiger partial charge on any atom is -0.381 e. The fraction of sp³-hybridized carbons (Fsp3) is 0.929. The van der Waals surface area contributed by atoms with E-state index < -0.39 is 0 Å². The highest BCUT2D eigenvalue weighted by atomic mass is 16.5. The van der Waals surface area contributed by atoms with E-state index in [4.69, 9.17) is 4.74 Å². The van der Waals surface area contributed by atoms with Gasteiger partial charge in [0.2, 0.25) is 5.91 Å². The number of ether oxygens (including phenoxy) is 1. The maximum absolute atomic E-state index is 12.6. The van der Waals surface area contributed by atoms with Crippen LogP contribution in [0.5, 0.6) is 0 Å². The van der Waals surface area contributed by atoms with Crippen LogP contribution in [0.25, 0.3) is 0 Å². The number of amides is 1. The van der Waals surface area contributed by atoms with Gasteiger partial charge in [0.15, 0.2) is 0 Å². The van der Waals surface area contributed by atoms with Crippen molar-refractivity contribution in [3.8, 4) is 0 Å². The second-order valence-electron chi connectivity index (χ2n) is 6.33. The molecule has 3 fully saturated rings. The molecule has 96 valence electrons. The summed E-state index contributed by atoms with van der Waals surface area (Å²) >= 11 is 0. The lowest BCUT2D eigenvalue weighted by atomic mass is 9.81. The van der Waals surface area contributed by atoms with E-state index in [0.717, 1.165) is 51.0 Å². The molecule has 3 nitrogen and oxygen atoms in total. The van der Waals surface area contributed by atoms with Crippen molar-refractivity contribution in [3.63, 3.8) is 0 Å². The molecule has 0 spiro atoms. The van der Waals surface area contributed by atoms with Crippen molar-refractivity contribution < 1.29 is 9.53 Å². The Morgan fingerprint density at radius 2 is 1.76 bits per heavy atom. The van der Waals surface area contributed by atoms with Crippen molar-refractivity contribution in [2.75, 3.05) is 26.3 Å². The molecule has 1 saturated carbocycles. The van der Waals surface area contributed by atoms with Crippen LogP contribution < -0.4 is 0 Å². The minimum atomic E-state index is -0.142. The number of hydrogen-bond donors (Lipinski definition) is 0. The van der Waals surface area contributed by atoms with Crippen LogP contribution in [0.3, 0.4) is 0 Å². The molecule has 2 aliphatic heterocycles. The van der Waals surface area contributed by atoms with Gasteiger partial charge in [-0.2, -0.15) is 0 Å². The molecular formula is C14H23NO2. The van der Waals surface area contributed by atoms with Crippen LogP contribution in [0.15, 0.2) is 0 Å². The summed E-state index contributed by atoms with van der Waals surface area (Å²) in [5.41, 5.74) is -0.142. The van der Waals surface area contributed by atoms with E-state index in [0.29, 0.717) is 5.91 Å². The second kappa shape index (κ2) is 4.27. The third-order valence-electron chi connectivity index (χ3n) is 5.13. The average Bonchev–Trinajstić information content (AvgIpc) is 2.89. The van der Waals surface area contributed by atoms with Gasteiger partial charge in [-0.15, -0.1) is 0 Å². The molecule has 2 unspecified atom stereocenters. The quantitative estimate of drug-likeness (QED) is 0.698. The lowest BCUT2D eigenvalue weighted by Crippen LogP contribution is -2.44. The van der Waals surface area contributed by atoms with Gasteiger partial charge in [0.1, 0.15) is 0 Å². The molecule has 17 heavy (non-hydrogen) atoms. The summed E-state index contributed by atoms with van der Waals surface area (Å²) in [4.78, 5) is 14.8. The zero-order valence-corrected chi connectivity index (χ0v) is 10.8. The minimum absolute atomic E-state index is 0.142. The van der Waals surface area contributed by atoms with Crippen LogP contribution in [-0.2, 0) is 9.53 Å². The van der Waals surface area contributed by atoms with E-state index in [1.54, 1.807) is 0 Å². The standard InChI is InChI=1S/C14H23NO2/c1-14(5-7-17-8-6-14)13(16)15-9-11-3-2-4-12(11)10-15/h11-12H,2-10H2,1H3. The normalized spacial score (nSPS) is 35.9. The number of hydrogen-bond acceptors (Lipinski definition) is 2. The van der Waals surface area contributed by atoms with Gasteiger partial charge < -0.3 is 9.64 Å². The molecule has 1 aliphatic carbocycles. The Morgan fingerprint density at radius 1 is 1.18 bits per heavy atom. The van der Waals surface area contributed by atoms with Crippen molar-refractivity contribution in [1.82, 2.24) is 4.90 Å². The molecule has 0 radical (unpaired) electrons. The average molecular weight is 237 g/mol. The molecule has 0 aromatic heterocycles. The number of nitrogens with zero attached hydrogens (tertiary/aromatic N) is 1. The van der Waals surface area contributed by atoms with Gasteiger partial charge in [0, 0.05) is 26.3 Å². The summed E-state index contributed by atoms with van der Waals surface area (Å²) in [6.07, 6.45) is 5.86. The van der Waals surface area contributed by atoms with E-state index >= 15 is 0 Å². The summed E-state index contributed by atoms with van der Waals surface area (Å²) in [6, 6.07) is 0. The van der Waals surface area contributed by atoms with Crippen LogP contribution in [0.1, 0.15) is 39.0 Å². The lowest BCUT2D eigenvalue weighted by molar-refractivity contribution is -0.145. The van der Waals surface area contributed by atoms with Crippen LogP contribution in [0.2, 0.25) is 0 Å². The van der Waals surface area contributed by atoms with Crippen molar-refractivity contribution in [3.05, 3.63) is 0 Å². The van der Waals surface area contributed by atoms with Crippen molar-refractivity contribution >= 4 is 5.91 Å². The predicted molar refractivity (Wildman–Crippen MR) is 65.6 cm³/mol. The number of carbonyl (C=O) groups excluding carboxylic acids is 1. The Balaban J connectivity index is 1.66. The molecule has 3 rings (SSSR count). The predicted octanol–water partition coefficient (Wildman–Crippen LogP) is 2.06. The van der Waals surface area contributed by atoms with Crippen LogP contribution in [0, 0.1) is 17.3 Å². The third-order valence-corrected chi connectivity index (χ3v) is 5.13. The fourth-order valence-corrected chi connectivity index (χ4v) is 3.82. The van der Waals surface area contributed by atoms with Gasteiger partial charge >= 0.3 is 0 Å². The summed E-state index contributed by atoms with van der Waals surface area (Å²) in [7, 11) is 0. The highest BCUT2D eigenvalue weighted by Crippen LogP contribution is 2.40. The smallest absolute Gasteiger partial charge is 0.228 e. The molecule has 0 aromatic rings. The summed E-state index contributed by atoms with van der Waals surface area (Å²) in [5.74, 6) is 2.01. The number of likely N-dealkylation sites (tertiary alicyclic amines) is 1. The van der Waals surface area contributed by atoms with Gasteiger partial charge in [0.05, 0.1) is 5.41 Å². The van der Waals surface area contributed by atoms with Crippen molar-refractivity contribution in [2.45, 2.75) is 39.0 Å². The second-order valence-corrected chi connectivity index (χ2v) is 6.33. The zero-order chi connectivity index (χ0) is 11.9. The van der Waals surface area contributed by atoms with E-state index in [-0.39, 0.29) is 5.41 Å². The first-order chi connectivity index (χ1) is 8.19. The summed E-state index contributed by atoms with van der Waals surface area (Å²) in [5, 5.41) is 0. The van der Waals surface area contributed by atoms with E-state index in [9.17, 15) is 4.79 Å². The lowest BCUT2D eigenvalue weighted by Gasteiger charge is -2.35. The van der Waals surface area contributed by atoms with Gasteiger partial charge in [-0.1, -0.05) is 13.3 Å². The zero-order valence-electron chi connectivity index (χ0n) is 10.8. The maximum Gasteiger partial charge on any atom is 0.228 e. The fourth-order valence-electron chi connectivity index (χ4n) is 3.82. The molecule has 0 aromatic carbocycles. The molecule has 3 aliphatic rings. The van der Waals surface area contributed by atoms with E-state index in [1.807, 2.05) is 0 Å². The number of carbonyl (C=O) groups is 1. The Morgan fingerprint density at radius 3 is 2.35 bits per heavy atom. The summed E-state index contributed by atoms with van der Waals surface area (Å²) < 4.78 is 5.38. The topological polar surface area (TPSA) is 29.5 Å². The van der Waals surface area contributed by atoms with Gasteiger partial charge in [-0.05, 0) is 37.5 Å². The number of rotatable bonds is 1. The van der Waals surface area contributed by atoms with Crippen molar-refractivity contribution in [1.29, 1.82) is 0 Å².